The monoisotopic (exact) mass is 311 g/mol. The number of hydrogen-bond acceptors (Lipinski definition) is 3. The molecule has 1 fully saturated rings. The minimum atomic E-state index is -3.56. The van der Waals surface area contributed by atoms with Gasteiger partial charge in [0.25, 0.3) is 0 Å². The van der Waals surface area contributed by atoms with Gasteiger partial charge in [-0.15, -0.1) is 0 Å². The number of aryl methyl sites for hydroxylation is 1. The number of sulfonamides is 1. The van der Waals surface area contributed by atoms with Crippen molar-refractivity contribution in [3.05, 3.63) is 23.8 Å². The zero-order valence-electron chi connectivity index (χ0n) is 13.2. The summed E-state index contributed by atoms with van der Waals surface area (Å²) in [4.78, 5) is 0.232. The summed E-state index contributed by atoms with van der Waals surface area (Å²) < 4.78 is 33.5. The molecule has 4 nitrogen and oxygen atoms in total. The maximum absolute atomic E-state index is 12.7. The van der Waals surface area contributed by atoms with E-state index in [2.05, 4.69) is 18.6 Å². The summed E-state index contributed by atoms with van der Waals surface area (Å²) >= 11 is 0. The summed E-state index contributed by atoms with van der Waals surface area (Å²) in [7, 11) is -2.06. The SMILES string of the molecule is COc1ccc(C)cc1S(=O)(=O)N[C@@H]1CCC[C@H](C)[C@@H]1C. The highest BCUT2D eigenvalue weighted by Crippen LogP contribution is 2.32. The number of methoxy groups -OCH3 is 1. The summed E-state index contributed by atoms with van der Waals surface area (Å²) in [6.45, 7) is 6.20. The molecule has 1 aromatic carbocycles. The lowest BCUT2D eigenvalue weighted by molar-refractivity contribution is 0.227. The fraction of sp³-hybridized carbons (Fsp3) is 0.625. The molecule has 3 atom stereocenters. The molecule has 0 aromatic heterocycles. The first kappa shape index (κ1) is 16.3. The molecule has 0 amide bonds. The van der Waals surface area contributed by atoms with E-state index in [4.69, 9.17) is 4.74 Å². The van der Waals surface area contributed by atoms with E-state index in [-0.39, 0.29) is 10.9 Å². The molecule has 0 unspecified atom stereocenters. The van der Waals surface area contributed by atoms with Crippen LogP contribution in [0.2, 0.25) is 0 Å². The standard InChI is InChI=1S/C16H25NO3S/c1-11-8-9-15(20-4)16(10-11)21(18,19)17-14-7-5-6-12(2)13(14)3/h8-10,12-14,17H,5-7H2,1-4H3/t12-,13-,14+/m0/s1. The van der Waals surface area contributed by atoms with Gasteiger partial charge in [-0.05, 0) is 42.9 Å². The Hall–Kier alpha value is -1.07. The highest BCUT2D eigenvalue weighted by atomic mass is 32.2. The lowest BCUT2D eigenvalue weighted by Crippen LogP contribution is -2.43. The van der Waals surface area contributed by atoms with Crippen LogP contribution in [0.5, 0.6) is 5.75 Å². The van der Waals surface area contributed by atoms with Crippen LogP contribution in [0.4, 0.5) is 0 Å². The first-order valence-corrected chi connectivity index (χ1v) is 9.00. The Labute approximate surface area is 127 Å². The molecule has 0 saturated heterocycles. The van der Waals surface area contributed by atoms with Gasteiger partial charge in [-0.2, -0.15) is 0 Å². The van der Waals surface area contributed by atoms with Crippen molar-refractivity contribution >= 4 is 10.0 Å². The highest BCUT2D eigenvalue weighted by molar-refractivity contribution is 7.89. The third-order valence-electron chi connectivity index (χ3n) is 4.62. The fourth-order valence-corrected chi connectivity index (χ4v) is 4.62. The van der Waals surface area contributed by atoms with Crippen molar-refractivity contribution in [2.75, 3.05) is 7.11 Å². The lowest BCUT2D eigenvalue weighted by Gasteiger charge is -2.34. The largest absolute Gasteiger partial charge is 0.495 e. The predicted molar refractivity (Wildman–Crippen MR) is 84.0 cm³/mol. The van der Waals surface area contributed by atoms with Crippen LogP contribution in [-0.4, -0.2) is 21.6 Å². The fourth-order valence-electron chi connectivity index (χ4n) is 3.01. The van der Waals surface area contributed by atoms with Crippen molar-refractivity contribution in [1.29, 1.82) is 0 Å². The Morgan fingerprint density at radius 1 is 1.24 bits per heavy atom. The first-order valence-electron chi connectivity index (χ1n) is 7.52. The first-order chi connectivity index (χ1) is 9.85. The molecule has 1 aliphatic rings. The maximum Gasteiger partial charge on any atom is 0.244 e. The van der Waals surface area contributed by atoms with Gasteiger partial charge >= 0.3 is 0 Å². The van der Waals surface area contributed by atoms with Crippen molar-refractivity contribution < 1.29 is 13.2 Å². The van der Waals surface area contributed by atoms with Gasteiger partial charge in [0.2, 0.25) is 10.0 Å². The number of hydrogen-bond donors (Lipinski definition) is 1. The van der Waals surface area contributed by atoms with E-state index in [1.807, 2.05) is 13.0 Å². The molecule has 1 aliphatic carbocycles. The average molecular weight is 311 g/mol. The zero-order chi connectivity index (χ0) is 15.6. The second-order valence-corrected chi connectivity index (χ2v) is 7.83. The minimum Gasteiger partial charge on any atom is -0.495 e. The van der Waals surface area contributed by atoms with Crippen LogP contribution < -0.4 is 9.46 Å². The average Bonchev–Trinajstić information content (AvgIpc) is 2.44. The second kappa shape index (κ2) is 6.36. The molecule has 118 valence electrons. The van der Waals surface area contributed by atoms with E-state index in [9.17, 15) is 8.42 Å². The van der Waals surface area contributed by atoms with Crippen LogP contribution in [-0.2, 0) is 10.0 Å². The van der Waals surface area contributed by atoms with E-state index in [0.717, 1.165) is 18.4 Å². The molecule has 1 saturated carbocycles. The lowest BCUT2D eigenvalue weighted by atomic mass is 9.78. The molecular formula is C16H25NO3S. The molecule has 21 heavy (non-hydrogen) atoms. The highest BCUT2D eigenvalue weighted by Gasteiger charge is 2.31. The Morgan fingerprint density at radius 2 is 1.95 bits per heavy atom. The van der Waals surface area contributed by atoms with Gasteiger partial charge in [0, 0.05) is 6.04 Å². The Bertz CT molecular complexity index is 598. The molecule has 1 aromatic rings. The van der Waals surface area contributed by atoms with Crippen molar-refractivity contribution in [2.45, 2.75) is 51.0 Å². The summed E-state index contributed by atoms with van der Waals surface area (Å²) in [5.74, 6) is 1.29. The van der Waals surface area contributed by atoms with Gasteiger partial charge in [-0.25, -0.2) is 13.1 Å². The van der Waals surface area contributed by atoms with E-state index in [0.29, 0.717) is 17.6 Å². The summed E-state index contributed by atoms with van der Waals surface area (Å²) in [5.41, 5.74) is 0.904. The summed E-state index contributed by atoms with van der Waals surface area (Å²) in [6.07, 6.45) is 3.15. The molecule has 0 spiro atoms. The van der Waals surface area contributed by atoms with E-state index < -0.39 is 10.0 Å². The maximum atomic E-state index is 12.7. The van der Waals surface area contributed by atoms with Crippen molar-refractivity contribution in [3.63, 3.8) is 0 Å². The van der Waals surface area contributed by atoms with E-state index >= 15 is 0 Å². The number of rotatable bonds is 4. The molecular weight excluding hydrogens is 286 g/mol. The van der Waals surface area contributed by atoms with Crippen LogP contribution in [0, 0.1) is 18.8 Å². The van der Waals surface area contributed by atoms with Crippen LogP contribution in [0.1, 0.15) is 38.7 Å². The molecule has 2 rings (SSSR count). The van der Waals surface area contributed by atoms with Gasteiger partial charge in [-0.3, -0.25) is 0 Å². The quantitative estimate of drug-likeness (QED) is 0.929. The van der Waals surface area contributed by atoms with E-state index in [1.54, 1.807) is 12.1 Å². The normalized spacial score (nSPS) is 26.6. The van der Waals surface area contributed by atoms with Crippen LogP contribution >= 0.6 is 0 Å². The third kappa shape index (κ3) is 3.58. The molecule has 0 radical (unpaired) electrons. The third-order valence-corrected chi connectivity index (χ3v) is 6.13. The van der Waals surface area contributed by atoms with Crippen LogP contribution in [0.15, 0.2) is 23.1 Å². The zero-order valence-corrected chi connectivity index (χ0v) is 14.0. The molecule has 1 N–H and O–H groups in total. The van der Waals surface area contributed by atoms with Gasteiger partial charge in [0.05, 0.1) is 7.11 Å². The number of nitrogens with one attached hydrogen (secondary N) is 1. The smallest absolute Gasteiger partial charge is 0.244 e. The molecule has 0 bridgehead atoms. The van der Waals surface area contributed by atoms with Gasteiger partial charge in [0.1, 0.15) is 10.6 Å². The Balaban J connectivity index is 2.28. The molecule has 0 heterocycles. The van der Waals surface area contributed by atoms with Crippen molar-refractivity contribution in [1.82, 2.24) is 4.72 Å². The minimum absolute atomic E-state index is 0.00367. The molecule has 5 heteroatoms. The number of benzene rings is 1. The van der Waals surface area contributed by atoms with E-state index in [1.165, 1.54) is 13.5 Å². The molecule has 0 aliphatic heterocycles. The summed E-state index contributed by atoms with van der Waals surface area (Å²) in [5, 5.41) is 0. The van der Waals surface area contributed by atoms with Crippen LogP contribution in [0.3, 0.4) is 0 Å². The van der Waals surface area contributed by atoms with Gasteiger partial charge in [0.15, 0.2) is 0 Å². The topological polar surface area (TPSA) is 55.4 Å². The Kier molecular flexibility index (Phi) is 4.94. The second-order valence-electron chi connectivity index (χ2n) is 6.15. The number of ether oxygens (including phenoxy) is 1. The predicted octanol–water partition coefficient (Wildman–Crippen LogP) is 3.11. The van der Waals surface area contributed by atoms with Crippen molar-refractivity contribution in [3.8, 4) is 5.75 Å². The van der Waals surface area contributed by atoms with Crippen molar-refractivity contribution in [2.24, 2.45) is 11.8 Å². The van der Waals surface area contributed by atoms with Crippen LogP contribution in [0.25, 0.3) is 0 Å². The Morgan fingerprint density at radius 3 is 2.62 bits per heavy atom. The summed E-state index contributed by atoms with van der Waals surface area (Å²) in [6, 6.07) is 5.22. The van der Waals surface area contributed by atoms with Gasteiger partial charge in [-0.1, -0.05) is 32.8 Å². The van der Waals surface area contributed by atoms with Gasteiger partial charge < -0.3 is 4.74 Å².